The SMILES string of the molecule is C=Cc1cc(CCC)cn1S(=O)(=O)c1ccc(C)cc1. The molecule has 0 radical (unpaired) electrons. The van der Waals surface area contributed by atoms with Crippen LogP contribution < -0.4 is 0 Å². The Hall–Kier alpha value is -1.81. The van der Waals surface area contributed by atoms with Crippen molar-refractivity contribution in [3.8, 4) is 0 Å². The van der Waals surface area contributed by atoms with Gasteiger partial charge in [-0.15, -0.1) is 0 Å². The highest BCUT2D eigenvalue weighted by Gasteiger charge is 2.19. The Morgan fingerprint density at radius 2 is 1.90 bits per heavy atom. The molecule has 0 saturated heterocycles. The third kappa shape index (κ3) is 2.70. The van der Waals surface area contributed by atoms with Crippen molar-refractivity contribution in [1.29, 1.82) is 0 Å². The molecule has 2 aromatic rings. The fourth-order valence-corrected chi connectivity index (χ4v) is 3.51. The van der Waals surface area contributed by atoms with Crippen LogP contribution in [0.4, 0.5) is 0 Å². The topological polar surface area (TPSA) is 39.1 Å². The van der Waals surface area contributed by atoms with Crippen molar-refractivity contribution >= 4 is 16.1 Å². The summed E-state index contributed by atoms with van der Waals surface area (Å²) in [6.07, 6.45) is 5.10. The number of nitrogens with zero attached hydrogens (tertiary/aromatic N) is 1. The maximum Gasteiger partial charge on any atom is 0.268 e. The largest absolute Gasteiger partial charge is 0.268 e. The van der Waals surface area contributed by atoms with Crippen molar-refractivity contribution in [3.63, 3.8) is 0 Å². The first-order valence-electron chi connectivity index (χ1n) is 6.65. The van der Waals surface area contributed by atoms with Gasteiger partial charge < -0.3 is 0 Å². The van der Waals surface area contributed by atoms with Crippen molar-refractivity contribution in [1.82, 2.24) is 3.97 Å². The van der Waals surface area contributed by atoms with E-state index in [1.807, 2.05) is 13.0 Å². The van der Waals surface area contributed by atoms with Crippen LogP contribution in [0, 0.1) is 6.92 Å². The highest BCUT2D eigenvalue weighted by molar-refractivity contribution is 7.90. The molecule has 2 rings (SSSR count). The zero-order valence-corrected chi connectivity index (χ0v) is 12.7. The molecule has 0 aliphatic rings. The molecule has 0 saturated carbocycles. The average Bonchev–Trinajstić information content (AvgIpc) is 2.83. The molecule has 0 fully saturated rings. The molecule has 3 nitrogen and oxygen atoms in total. The Balaban J connectivity index is 2.53. The normalized spacial score (nSPS) is 11.5. The first kappa shape index (κ1) is 14.6. The molecule has 0 bridgehead atoms. The van der Waals surface area contributed by atoms with E-state index in [1.54, 1.807) is 36.5 Å². The third-order valence-electron chi connectivity index (χ3n) is 3.20. The lowest BCUT2D eigenvalue weighted by atomic mass is 10.2. The molecular weight excluding hydrogens is 270 g/mol. The van der Waals surface area contributed by atoms with Crippen molar-refractivity contribution < 1.29 is 8.42 Å². The van der Waals surface area contributed by atoms with Crippen LogP contribution in [0.2, 0.25) is 0 Å². The molecule has 0 atom stereocenters. The zero-order valence-electron chi connectivity index (χ0n) is 11.8. The Morgan fingerprint density at radius 3 is 2.45 bits per heavy atom. The Morgan fingerprint density at radius 1 is 1.25 bits per heavy atom. The van der Waals surface area contributed by atoms with Crippen LogP contribution in [0.5, 0.6) is 0 Å². The summed E-state index contributed by atoms with van der Waals surface area (Å²) in [4.78, 5) is 0.296. The van der Waals surface area contributed by atoms with Gasteiger partial charge in [-0.25, -0.2) is 12.4 Å². The third-order valence-corrected chi connectivity index (χ3v) is 4.90. The summed E-state index contributed by atoms with van der Waals surface area (Å²) in [6, 6.07) is 8.75. The van der Waals surface area contributed by atoms with E-state index in [-0.39, 0.29) is 0 Å². The second-order valence-electron chi connectivity index (χ2n) is 4.84. The predicted molar refractivity (Wildman–Crippen MR) is 82.3 cm³/mol. The first-order chi connectivity index (χ1) is 9.48. The van der Waals surface area contributed by atoms with Gasteiger partial charge in [0.25, 0.3) is 10.0 Å². The summed E-state index contributed by atoms with van der Waals surface area (Å²) in [5.41, 5.74) is 2.65. The summed E-state index contributed by atoms with van der Waals surface area (Å²) in [6.45, 7) is 7.70. The molecule has 1 aromatic carbocycles. The minimum Gasteiger partial charge on any atom is -0.242 e. The van der Waals surface area contributed by atoms with Crippen LogP contribution >= 0.6 is 0 Å². The lowest BCUT2D eigenvalue weighted by Gasteiger charge is -2.08. The highest BCUT2D eigenvalue weighted by atomic mass is 32.2. The number of aryl methyl sites for hydroxylation is 2. The lowest BCUT2D eigenvalue weighted by Crippen LogP contribution is -2.13. The van der Waals surface area contributed by atoms with E-state index in [9.17, 15) is 8.42 Å². The molecule has 106 valence electrons. The summed E-state index contributed by atoms with van der Waals surface area (Å²) in [5, 5.41) is 0. The Bertz CT molecular complexity index is 709. The van der Waals surface area contributed by atoms with Gasteiger partial charge in [-0.1, -0.05) is 37.6 Å². The number of benzene rings is 1. The second-order valence-corrected chi connectivity index (χ2v) is 6.66. The van der Waals surface area contributed by atoms with Gasteiger partial charge in [-0.2, -0.15) is 0 Å². The first-order valence-corrected chi connectivity index (χ1v) is 8.09. The fourth-order valence-electron chi connectivity index (χ4n) is 2.12. The van der Waals surface area contributed by atoms with Crippen molar-refractivity contribution in [2.75, 3.05) is 0 Å². The van der Waals surface area contributed by atoms with Crippen LogP contribution in [-0.4, -0.2) is 12.4 Å². The monoisotopic (exact) mass is 289 g/mol. The van der Waals surface area contributed by atoms with Gasteiger partial charge in [-0.05, 0) is 43.2 Å². The van der Waals surface area contributed by atoms with E-state index in [2.05, 4.69) is 13.5 Å². The minimum absolute atomic E-state index is 0.296. The summed E-state index contributed by atoms with van der Waals surface area (Å²) < 4.78 is 26.6. The molecule has 4 heteroatoms. The molecule has 0 N–H and O–H groups in total. The smallest absolute Gasteiger partial charge is 0.242 e. The van der Waals surface area contributed by atoms with Gasteiger partial charge >= 0.3 is 0 Å². The van der Waals surface area contributed by atoms with Gasteiger partial charge in [0, 0.05) is 6.20 Å². The molecule has 0 spiro atoms. The van der Waals surface area contributed by atoms with Crippen LogP contribution in [0.25, 0.3) is 6.08 Å². The van der Waals surface area contributed by atoms with Gasteiger partial charge in [0.2, 0.25) is 0 Å². The molecule has 20 heavy (non-hydrogen) atoms. The van der Waals surface area contributed by atoms with Gasteiger partial charge in [0.1, 0.15) is 0 Å². The van der Waals surface area contributed by atoms with E-state index >= 15 is 0 Å². The van der Waals surface area contributed by atoms with Crippen LogP contribution in [0.15, 0.2) is 48.0 Å². The van der Waals surface area contributed by atoms with Gasteiger partial charge in [0.05, 0.1) is 10.6 Å². The lowest BCUT2D eigenvalue weighted by molar-refractivity contribution is 0.587. The minimum atomic E-state index is -3.55. The highest BCUT2D eigenvalue weighted by Crippen LogP contribution is 2.20. The van der Waals surface area contributed by atoms with Crippen LogP contribution in [-0.2, 0) is 16.4 Å². The predicted octanol–water partition coefficient (Wildman–Crippen LogP) is 3.63. The molecule has 0 aliphatic carbocycles. The standard InChI is InChI=1S/C16H19NO2S/c1-4-6-14-11-15(5-2)17(12-14)20(18,19)16-9-7-13(3)8-10-16/h5,7-12H,2,4,6H2,1,3H3. The second kappa shape index (κ2) is 5.67. The van der Waals surface area contributed by atoms with E-state index < -0.39 is 10.0 Å². The van der Waals surface area contributed by atoms with Crippen LogP contribution in [0.1, 0.15) is 30.2 Å². The molecule has 0 aliphatic heterocycles. The number of hydrogen-bond acceptors (Lipinski definition) is 2. The zero-order chi connectivity index (χ0) is 14.8. The summed E-state index contributed by atoms with van der Waals surface area (Å²) in [7, 11) is -3.55. The summed E-state index contributed by atoms with van der Waals surface area (Å²) >= 11 is 0. The molecule has 1 heterocycles. The Kier molecular flexibility index (Phi) is 4.14. The quantitative estimate of drug-likeness (QED) is 0.843. The summed E-state index contributed by atoms with van der Waals surface area (Å²) in [5.74, 6) is 0. The van der Waals surface area contributed by atoms with E-state index in [1.165, 1.54) is 3.97 Å². The van der Waals surface area contributed by atoms with E-state index in [0.717, 1.165) is 24.0 Å². The van der Waals surface area contributed by atoms with Crippen molar-refractivity contribution in [2.45, 2.75) is 31.6 Å². The maximum absolute atomic E-state index is 12.7. The fraction of sp³-hybridized carbons (Fsp3) is 0.250. The van der Waals surface area contributed by atoms with Gasteiger partial charge in [-0.3, -0.25) is 0 Å². The Labute approximate surface area is 120 Å². The molecule has 0 amide bonds. The number of rotatable bonds is 5. The number of hydrogen-bond donors (Lipinski definition) is 0. The van der Waals surface area contributed by atoms with E-state index in [4.69, 9.17) is 0 Å². The average molecular weight is 289 g/mol. The molecular formula is C16H19NO2S. The van der Waals surface area contributed by atoms with Crippen LogP contribution in [0.3, 0.4) is 0 Å². The van der Waals surface area contributed by atoms with E-state index in [0.29, 0.717) is 10.6 Å². The molecule has 0 unspecified atom stereocenters. The number of aromatic nitrogens is 1. The van der Waals surface area contributed by atoms with Crippen molar-refractivity contribution in [2.24, 2.45) is 0 Å². The molecule has 1 aromatic heterocycles. The van der Waals surface area contributed by atoms with Crippen molar-refractivity contribution in [3.05, 3.63) is 59.9 Å². The van der Waals surface area contributed by atoms with Gasteiger partial charge in [0.15, 0.2) is 0 Å². The maximum atomic E-state index is 12.7.